The molecule has 3 aliphatic rings. The summed E-state index contributed by atoms with van der Waals surface area (Å²) in [5.41, 5.74) is 3.32. The van der Waals surface area contributed by atoms with Crippen LogP contribution in [0.3, 0.4) is 0 Å². The number of para-hydroxylation sites is 1. The largest absolute Gasteiger partial charge is 0.347 e. The van der Waals surface area contributed by atoms with Gasteiger partial charge in [-0.3, -0.25) is 19.0 Å². The van der Waals surface area contributed by atoms with Crippen molar-refractivity contribution in [2.75, 3.05) is 11.9 Å². The van der Waals surface area contributed by atoms with Gasteiger partial charge in [0.25, 0.3) is 11.1 Å². The maximum Gasteiger partial charge on any atom is 0.261 e. The van der Waals surface area contributed by atoms with Crippen molar-refractivity contribution in [1.82, 2.24) is 4.57 Å². The Hall–Kier alpha value is -3.73. The van der Waals surface area contributed by atoms with Gasteiger partial charge in [-0.2, -0.15) is 0 Å². The molecule has 0 N–H and O–H groups in total. The van der Waals surface area contributed by atoms with Gasteiger partial charge in [0.15, 0.2) is 5.43 Å². The highest BCUT2D eigenvalue weighted by Gasteiger charge is 2.37. The molecule has 2 aromatic rings. The molecular formula is C29H28N2O3. The lowest BCUT2D eigenvalue weighted by Crippen LogP contribution is -2.37. The Morgan fingerprint density at radius 1 is 0.912 bits per heavy atom. The van der Waals surface area contributed by atoms with E-state index >= 15 is 0 Å². The highest BCUT2D eigenvalue weighted by Crippen LogP contribution is 2.46. The Bertz CT molecular complexity index is 1650. The van der Waals surface area contributed by atoms with E-state index in [0.29, 0.717) is 33.7 Å². The van der Waals surface area contributed by atoms with Crippen LogP contribution in [0.4, 0.5) is 5.69 Å². The number of unbranched alkanes of at least 4 members (excludes halogenated alkanes) is 1. The topological polar surface area (TPSA) is 59.4 Å². The van der Waals surface area contributed by atoms with Crippen LogP contribution in [0.25, 0.3) is 28.0 Å². The molecule has 0 amide bonds. The number of nitrogens with zero attached hydrogens (tertiary/aromatic N) is 2. The van der Waals surface area contributed by atoms with E-state index in [-0.39, 0.29) is 22.0 Å². The van der Waals surface area contributed by atoms with Gasteiger partial charge in [-0.25, -0.2) is 0 Å². The molecule has 5 rings (SSSR count). The summed E-state index contributed by atoms with van der Waals surface area (Å²) in [5, 5.41) is 1.29. The summed E-state index contributed by atoms with van der Waals surface area (Å²) in [6.07, 6.45) is 5.42. The monoisotopic (exact) mass is 452 g/mol. The third-order valence-corrected chi connectivity index (χ3v) is 7.19. The van der Waals surface area contributed by atoms with Crippen molar-refractivity contribution in [3.8, 4) is 11.1 Å². The first-order valence-corrected chi connectivity index (χ1v) is 11.8. The number of pyridine rings is 1. The molecule has 172 valence electrons. The predicted octanol–water partition coefficient (Wildman–Crippen LogP) is 3.88. The van der Waals surface area contributed by atoms with Crippen LogP contribution < -0.4 is 26.7 Å². The summed E-state index contributed by atoms with van der Waals surface area (Å²) in [7, 11) is 2.03. The lowest BCUT2D eigenvalue weighted by atomic mass is 9.83. The fourth-order valence-electron chi connectivity index (χ4n) is 5.32. The zero-order chi connectivity index (χ0) is 24.2. The summed E-state index contributed by atoms with van der Waals surface area (Å²) >= 11 is 0. The Balaban J connectivity index is 1.77. The Morgan fingerprint density at radius 2 is 1.65 bits per heavy atom. The molecule has 0 bridgehead atoms. The van der Waals surface area contributed by atoms with Crippen molar-refractivity contribution in [3.63, 3.8) is 0 Å². The number of hydrogen-bond acceptors (Lipinski definition) is 4. The second-order valence-electron chi connectivity index (χ2n) is 9.61. The summed E-state index contributed by atoms with van der Waals surface area (Å²) < 4.78 is 1.32. The first-order chi connectivity index (χ1) is 16.3. The quantitative estimate of drug-likeness (QED) is 0.472. The third-order valence-electron chi connectivity index (χ3n) is 7.19. The number of hydrogen-bond donors (Lipinski definition) is 0. The van der Waals surface area contributed by atoms with Crippen molar-refractivity contribution >= 4 is 22.5 Å². The number of likely N-dealkylation sites (N-methyl/N-ethyl adjacent to an activating group) is 1. The van der Waals surface area contributed by atoms with Crippen molar-refractivity contribution in [2.24, 2.45) is 0 Å². The van der Waals surface area contributed by atoms with Crippen molar-refractivity contribution in [3.05, 3.63) is 102 Å². The summed E-state index contributed by atoms with van der Waals surface area (Å²) in [6, 6.07) is 15.1. The molecule has 0 saturated heterocycles. The molecule has 2 heterocycles. The molecule has 5 nitrogen and oxygen atoms in total. The molecule has 5 heteroatoms. The maximum absolute atomic E-state index is 13.4. The average molecular weight is 453 g/mol. The SMILES string of the molecule is CCCCn1c(=O)c2c/c(=C/C=C3/N(C)c4ccccc4C3(C)C)c(=O)c3cccc(c3-2)c1=O. The molecule has 2 aliphatic heterocycles. The van der Waals surface area contributed by atoms with Gasteiger partial charge in [-0.15, -0.1) is 0 Å². The molecule has 0 spiro atoms. The predicted molar refractivity (Wildman–Crippen MR) is 139 cm³/mol. The highest BCUT2D eigenvalue weighted by atomic mass is 16.2. The molecular weight excluding hydrogens is 424 g/mol. The molecule has 1 aliphatic carbocycles. The van der Waals surface area contributed by atoms with Crippen LogP contribution >= 0.6 is 0 Å². The minimum Gasteiger partial charge on any atom is -0.347 e. The number of fused-ring (bicyclic) bond motifs is 1. The van der Waals surface area contributed by atoms with Gasteiger partial charge in [0.2, 0.25) is 0 Å². The summed E-state index contributed by atoms with van der Waals surface area (Å²) in [5.74, 6) is 0. The second-order valence-corrected chi connectivity index (χ2v) is 9.61. The van der Waals surface area contributed by atoms with Gasteiger partial charge in [-0.05, 0) is 42.3 Å². The van der Waals surface area contributed by atoms with Crippen LogP contribution in [-0.2, 0) is 12.0 Å². The molecule has 0 aromatic heterocycles. The number of rotatable bonds is 4. The van der Waals surface area contributed by atoms with Crippen molar-refractivity contribution in [2.45, 2.75) is 45.6 Å². The van der Waals surface area contributed by atoms with Crippen molar-refractivity contribution < 1.29 is 0 Å². The summed E-state index contributed by atoms with van der Waals surface area (Å²) in [6.45, 7) is 6.75. The molecule has 34 heavy (non-hydrogen) atoms. The lowest BCUT2D eigenvalue weighted by Gasteiger charge is -2.23. The highest BCUT2D eigenvalue weighted by molar-refractivity contribution is 5.96. The van der Waals surface area contributed by atoms with Gasteiger partial charge in [0, 0.05) is 57.5 Å². The Morgan fingerprint density at radius 3 is 2.38 bits per heavy atom. The minimum absolute atomic E-state index is 0.170. The van der Waals surface area contributed by atoms with E-state index in [1.54, 1.807) is 24.3 Å². The van der Waals surface area contributed by atoms with Crippen molar-refractivity contribution in [1.29, 1.82) is 0 Å². The molecule has 0 fully saturated rings. The van der Waals surface area contributed by atoms with E-state index in [2.05, 4.69) is 30.9 Å². The fraction of sp³-hybridized carbons (Fsp3) is 0.276. The smallest absolute Gasteiger partial charge is 0.261 e. The number of benzene rings is 3. The Kier molecular flexibility index (Phi) is 5.16. The van der Waals surface area contributed by atoms with Crippen LogP contribution in [0.5, 0.6) is 0 Å². The van der Waals surface area contributed by atoms with Crippen LogP contribution in [0, 0.1) is 0 Å². The third kappa shape index (κ3) is 3.11. The molecule has 0 atom stereocenters. The van der Waals surface area contributed by atoms with Crippen LogP contribution in [0.1, 0.15) is 39.2 Å². The minimum atomic E-state index is -0.324. The normalized spacial score (nSPS) is 16.8. The standard InChI is InChI=1S/C29H28N2O3/c1-5-6-16-31-27(33)20-11-9-10-19-25(20)21(28(31)34)17-18(26(19)32)14-15-24-29(2,3)22-12-7-8-13-23(22)30(24)4/h7-15,17H,5-6,16H2,1-4H3/b18-14-,24-15+. The van der Waals surface area contributed by atoms with Gasteiger partial charge < -0.3 is 4.90 Å². The fourth-order valence-corrected chi connectivity index (χ4v) is 5.32. The number of aromatic nitrogens is 1. The van der Waals surface area contributed by atoms with Gasteiger partial charge in [0.05, 0.1) is 0 Å². The van der Waals surface area contributed by atoms with Gasteiger partial charge >= 0.3 is 0 Å². The summed E-state index contributed by atoms with van der Waals surface area (Å²) in [4.78, 5) is 41.9. The molecule has 2 aromatic carbocycles. The van der Waals surface area contributed by atoms with E-state index in [9.17, 15) is 14.4 Å². The molecule has 0 radical (unpaired) electrons. The number of allylic oxidation sites excluding steroid dienone is 2. The number of anilines is 1. The van der Waals surface area contributed by atoms with E-state index < -0.39 is 0 Å². The zero-order valence-corrected chi connectivity index (χ0v) is 20.0. The van der Waals surface area contributed by atoms with E-state index in [4.69, 9.17) is 0 Å². The lowest BCUT2D eigenvalue weighted by molar-refractivity contribution is 0.601. The van der Waals surface area contributed by atoms with Crippen LogP contribution in [0.15, 0.2) is 74.7 Å². The molecule has 0 saturated carbocycles. The van der Waals surface area contributed by atoms with Crippen LogP contribution in [0.2, 0.25) is 0 Å². The first-order valence-electron chi connectivity index (χ1n) is 11.8. The second kappa shape index (κ2) is 7.94. The average Bonchev–Trinajstić information content (AvgIpc) is 3.03. The van der Waals surface area contributed by atoms with E-state index in [0.717, 1.165) is 24.2 Å². The maximum atomic E-state index is 13.4. The molecule has 0 unspecified atom stereocenters. The zero-order valence-electron chi connectivity index (χ0n) is 20.0. The van der Waals surface area contributed by atoms with Gasteiger partial charge in [-0.1, -0.05) is 57.5 Å². The van der Waals surface area contributed by atoms with Crippen LogP contribution in [-0.4, -0.2) is 11.6 Å². The van der Waals surface area contributed by atoms with Gasteiger partial charge in [0.1, 0.15) is 0 Å². The Labute approximate surface area is 197 Å². The van der Waals surface area contributed by atoms with E-state index in [1.165, 1.54) is 10.1 Å². The van der Waals surface area contributed by atoms with E-state index in [1.807, 2.05) is 38.3 Å². The first kappa shape index (κ1) is 22.1.